The first-order valence-corrected chi connectivity index (χ1v) is 5.34. The predicted octanol–water partition coefficient (Wildman–Crippen LogP) is 1.55. The third-order valence-corrected chi connectivity index (χ3v) is 2.28. The number of aliphatic hydroxyl groups is 1. The van der Waals surface area contributed by atoms with Gasteiger partial charge in [-0.25, -0.2) is 4.79 Å². The first-order chi connectivity index (χ1) is 7.33. The fourth-order valence-corrected chi connectivity index (χ4v) is 1.51. The van der Waals surface area contributed by atoms with Gasteiger partial charge >= 0.3 is 6.09 Å². The van der Waals surface area contributed by atoms with Gasteiger partial charge in [0.2, 0.25) is 0 Å². The van der Waals surface area contributed by atoms with Gasteiger partial charge in [0.15, 0.2) is 0 Å². The summed E-state index contributed by atoms with van der Waals surface area (Å²) in [5.74, 6) is 0.00193. The largest absolute Gasteiger partial charge is 0.442 e. The van der Waals surface area contributed by atoms with Crippen molar-refractivity contribution in [1.82, 2.24) is 5.06 Å². The van der Waals surface area contributed by atoms with Crippen LogP contribution in [0.25, 0.3) is 0 Å². The van der Waals surface area contributed by atoms with Gasteiger partial charge in [0, 0.05) is 12.5 Å². The van der Waals surface area contributed by atoms with Crippen LogP contribution in [0.4, 0.5) is 4.79 Å². The van der Waals surface area contributed by atoms with E-state index in [2.05, 4.69) is 0 Å². The summed E-state index contributed by atoms with van der Waals surface area (Å²) in [6, 6.07) is -0.410. The van der Waals surface area contributed by atoms with Crippen molar-refractivity contribution < 1.29 is 19.8 Å². The molecular formula is C11H19NO4. The summed E-state index contributed by atoms with van der Waals surface area (Å²) in [6.45, 7) is 5.23. The lowest BCUT2D eigenvalue weighted by Crippen LogP contribution is -2.40. The van der Waals surface area contributed by atoms with Gasteiger partial charge in [-0.1, -0.05) is 12.2 Å². The Kier molecular flexibility index (Phi) is 3.93. The fourth-order valence-electron chi connectivity index (χ4n) is 1.51. The van der Waals surface area contributed by atoms with E-state index < -0.39 is 17.7 Å². The maximum absolute atomic E-state index is 11.5. The second-order valence-corrected chi connectivity index (χ2v) is 4.96. The molecule has 1 amide bonds. The first kappa shape index (κ1) is 13.0. The highest BCUT2D eigenvalue weighted by molar-refractivity contribution is 5.67. The molecule has 2 N–H and O–H groups in total. The number of nitrogens with zero attached hydrogens (tertiary/aromatic N) is 1. The molecule has 1 aliphatic rings. The second-order valence-electron chi connectivity index (χ2n) is 4.96. The zero-order valence-electron chi connectivity index (χ0n) is 9.88. The minimum absolute atomic E-state index is 0.00193. The highest BCUT2D eigenvalue weighted by Gasteiger charge is 2.29. The molecule has 0 aromatic rings. The number of rotatable bonds is 2. The standard InChI is InChI=1S/C11H19NO4/c1-11(2,3)16-10(14)12(15)9-5-4-8(6-9)7-13/h4-5,8-9,13,15H,6-7H2,1-3H3/t8-,9+/m0/s1. The molecule has 0 aromatic carbocycles. The topological polar surface area (TPSA) is 70.0 Å². The lowest BCUT2D eigenvalue weighted by molar-refractivity contribution is -0.111. The van der Waals surface area contributed by atoms with Gasteiger partial charge in [-0.2, -0.15) is 5.06 Å². The molecule has 5 nitrogen and oxygen atoms in total. The van der Waals surface area contributed by atoms with Crippen LogP contribution < -0.4 is 0 Å². The number of hydrogen-bond acceptors (Lipinski definition) is 4. The summed E-state index contributed by atoms with van der Waals surface area (Å²) in [5, 5.41) is 19.1. The summed E-state index contributed by atoms with van der Waals surface area (Å²) in [7, 11) is 0. The number of carbonyl (C=O) groups is 1. The molecule has 16 heavy (non-hydrogen) atoms. The Bertz CT molecular complexity index is 282. The Morgan fingerprint density at radius 1 is 1.50 bits per heavy atom. The van der Waals surface area contributed by atoms with Crippen LogP contribution in [0, 0.1) is 5.92 Å². The number of hydroxylamine groups is 2. The van der Waals surface area contributed by atoms with Crippen LogP contribution in [-0.2, 0) is 4.74 Å². The Morgan fingerprint density at radius 2 is 2.12 bits per heavy atom. The molecule has 0 aromatic heterocycles. The second kappa shape index (κ2) is 4.84. The van der Waals surface area contributed by atoms with Crippen molar-refractivity contribution in [2.45, 2.75) is 38.8 Å². The van der Waals surface area contributed by atoms with Crippen molar-refractivity contribution in [3.05, 3.63) is 12.2 Å². The van der Waals surface area contributed by atoms with Gasteiger partial charge in [0.1, 0.15) is 5.60 Å². The summed E-state index contributed by atoms with van der Waals surface area (Å²) in [4.78, 5) is 11.5. The van der Waals surface area contributed by atoms with Crippen LogP contribution >= 0.6 is 0 Å². The summed E-state index contributed by atoms with van der Waals surface area (Å²) < 4.78 is 5.02. The minimum Gasteiger partial charge on any atom is -0.442 e. The lowest BCUT2D eigenvalue weighted by atomic mass is 10.1. The average Bonchev–Trinajstić information content (AvgIpc) is 2.61. The molecule has 0 saturated carbocycles. The maximum Gasteiger partial charge on any atom is 0.434 e. The van der Waals surface area contributed by atoms with Gasteiger partial charge < -0.3 is 9.84 Å². The normalized spacial score (nSPS) is 24.6. The number of hydrogen-bond donors (Lipinski definition) is 2. The van der Waals surface area contributed by atoms with Crippen LogP contribution in [0.2, 0.25) is 0 Å². The van der Waals surface area contributed by atoms with E-state index in [-0.39, 0.29) is 12.5 Å². The van der Waals surface area contributed by atoms with Gasteiger partial charge in [0.05, 0.1) is 6.04 Å². The van der Waals surface area contributed by atoms with Crippen LogP contribution in [-0.4, -0.2) is 39.7 Å². The summed E-state index contributed by atoms with van der Waals surface area (Å²) >= 11 is 0. The Morgan fingerprint density at radius 3 is 2.56 bits per heavy atom. The molecular weight excluding hydrogens is 210 g/mol. The average molecular weight is 229 g/mol. The molecule has 92 valence electrons. The molecule has 0 fully saturated rings. The molecule has 0 bridgehead atoms. The first-order valence-electron chi connectivity index (χ1n) is 5.34. The van der Waals surface area contributed by atoms with E-state index in [1.807, 2.05) is 0 Å². The zero-order valence-corrected chi connectivity index (χ0v) is 9.88. The van der Waals surface area contributed by atoms with E-state index in [9.17, 15) is 10.0 Å². The van der Waals surface area contributed by atoms with Crippen LogP contribution in [0.5, 0.6) is 0 Å². The summed E-state index contributed by atoms with van der Waals surface area (Å²) in [6.07, 6.45) is 3.25. The van der Waals surface area contributed by atoms with E-state index in [1.165, 1.54) is 0 Å². The Hall–Kier alpha value is -1.07. The lowest BCUT2D eigenvalue weighted by Gasteiger charge is -2.26. The molecule has 0 saturated heterocycles. The van der Waals surface area contributed by atoms with Gasteiger partial charge in [0.25, 0.3) is 0 Å². The Labute approximate surface area is 95.3 Å². The third kappa shape index (κ3) is 3.50. The quantitative estimate of drug-likeness (QED) is 0.428. The van der Waals surface area contributed by atoms with Crippen molar-refractivity contribution in [3.63, 3.8) is 0 Å². The van der Waals surface area contributed by atoms with Crippen molar-refractivity contribution in [2.75, 3.05) is 6.61 Å². The van der Waals surface area contributed by atoms with Crippen molar-refractivity contribution in [2.24, 2.45) is 5.92 Å². The number of aliphatic hydroxyl groups excluding tert-OH is 1. The molecule has 5 heteroatoms. The minimum atomic E-state index is -0.763. The number of carbonyl (C=O) groups excluding carboxylic acids is 1. The molecule has 1 aliphatic carbocycles. The van der Waals surface area contributed by atoms with Gasteiger partial charge in [-0.15, -0.1) is 0 Å². The highest BCUT2D eigenvalue weighted by Crippen LogP contribution is 2.22. The maximum atomic E-state index is 11.5. The smallest absolute Gasteiger partial charge is 0.434 e. The van der Waals surface area contributed by atoms with Crippen molar-refractivity contribution in [3.8, 4) is 0 Å². The molecule has 2 atom stereocenters. The highest BCUT2D eigenvalue weighted by atomic mass is 16.6. The number of ether oxygens (including phenoxy) is 1. The SMILES string of the molecule is CC(C)(C)OC(=O)N(O)[C@@H]1C=C[C@H](CO)C1. The molecule has 1 rings (SSSR count). The van der Waals surface area contributed by atoms with Gasteiger partial charge in [-0.3, -0.25) is 5.21 Å². The molecule has 0 heterocycles. The molecule has 0 radical (unpaired) electrons. The van der Waals surface area contributed by atoms with Crippen LogP contribution in [0.1, 0.15) is 27.2 Å². The van der Waals surface area contributed by atoms with Crippen LogP contribution in [0.3, 0.4) is 0 Å². The summed E-state index contributed by atoms with van der Waals surface area (Å²) in [5.41, 5.74) is -0.628. The van der Waals surface area contributed by atoms with E-state index in [0.29, 0.717) is 11.5 Å². The molecule has 0 spiro atoms. The monoisotopic (exact) mass is 229 g/mol. The van der Waals surface area contributed by atoms with E-state index in [4.69, 9.17) is 9.84 Å². The predicted molar refractivity (Wildman–Crippen MR) is 58.0 cm³/mol. The fraction of sp³-hybridized carbons (Fsp3) is 0.727. The number of amides is 1. The van der Waals surface area contributed by atoms with Crippen LogP contribution in [0.15, 0.2) is 12.2 Å². The third-order valence-electron chi connectivity index (χ3n) is 2.28. The van der Waals surface area contributed by atoms with E-state index >= 15 is 0 Å². The molecule has 0 aliphatic heterocycles. The van der Waals surface area contributed by atoms with E-state index in [1.54, 1.807) is 32.9 Å². The Balaban J connectivity index is 2.50. The molecule has 0 unspecified atom stereocenters. The van der Waals surface area contributed by atoms with Crippen molar-refractivity contribution in [1.29, 1.82) is 0 Å². The zero-order chi connectivity index (χ0) is 12.3. The van der Waals surface area contributed by atoms with Gasteiger partial charge in [-0.05, 0) is 27.2 Å². The van der Waals surface area contributed by atoms with E-state index in [0.717, 1.165) is 0 Å². The van der Waals surface area contributed by atoms with Crippen molar-refractivity contribution >= 4 is 6.09 Å².